The highest BCUT2D eigenvalue weighted by Gasteiger charge is 2.22. The van der Waals surface area contributed by atoms with Gasteiger partial charge in [0, 0.05) is 21.0 Å². The van der Waals surface area contributed by atoms with E-state index in [1.807, 2.05) is 25.2 Å². The quantitative estimate of drug-likeness (QED) is 0.836. The average molecular weight is 372 g/mol. The number of benzene rings is 1. The Hall–Kier alpha value is -1.24. The highest BCUT2D eigenvalue weighted by atomic mass is 79.9. The Bertz CT molecular complexity index is 615. The van der Waals surface area contributed by atoms with Crippen LogP contribution in [0.3, 0.4) is 0 Å². The van der Waals surface area contributed by atoms with Crippen molar-refractivity contribution in [3.63, 3.8) is 0 Å². The fourth-order valence-electron chi connectivity index (χ4n) is 2.22. The van der Waals surface area contributed by atoms with E-state index in [4.69, 9.17) is 14.2 Å². The summed E-state index contributed by atoms with van der Waals surface area (Å²) < 4.78 is 17.3. The van der Waals surface area contributed by atoms with E-state index in [1.165, 1.54) is 4.88 Å². The summed E-state index contributed by atoms with van der Waals surface area (Å²) in [4.78, 5) is 1.18. The Labute approximate surface area is 137 Å². The van der Waals surface area contributed by atoms with Crippen molar-refractivity contribution in [2.45, 2.75) is 6.04 Å². The second kappa shape index (κ2) is 7.15. The van der Waals surface area contributed by atoms with E-state index in [9.17, 15) is 0 Å². The van der Waals surface area contributed by atoms with E-state index in [2.05, 4.69) is 26.6 Å². The van der Waals surface area contributed by atoms with Gasteiger partial charge < -0.3 is 19.5 Å². The van der Waals surface area contributed by atoms with Gasteiger partial charge >= 0.3 is 0 Å². The van der Waals surface area contributed by atoms with Gasteiger partial charge in [-0.15, -0.1) is 11.3 Å². The molecule has 0 bridgehead atoms. The van der Waals surface area contributed by atoms with Crippen LogP contribution in [0.25, 0.3) is 0 Å². The van der Waals surface area contributed by atoms with E-state index in [-0.39, 0.29) is 6.04 Å². The fourth-order valence-corrected chi connectivity index (χ4v) is 3.95. The Morgan fingerprint density at radius 1 is 1.05 bits per heavy atom. The molecule has 0 amide bonds. The van der Waals surface area contributed by atoms with Crippen LogP contribution in [0.15, 0.2) is 28.1 Å². The predicted molar refractivity (Wildman–Crippen MR) is 89.0 cm³/mol. The standard InChI is InChI=1S/C15H18BrNO3S/c1-17-14(15-10(16)5-6-21-15)9-7-12(19-3)13(20-4)8-11(9)18-2/h5-8,14,17H,1-4H3. The first-order valence-electron chi connectivity index (χ1n) is 6.36. The molecule has 1 heterocycles. The van der Waals surface area contributed by atoms with Crippen molar-refractivity contribution in [1.82, 2.24) is 5.32 Å². The van der Waals surface area contributed by atoms with Crippen molar-refractivity contribution < 1.29 is 14.2 Å². The molecule has 1 aromatic carbocycles. The van der Waals surface area contributed by atoms with Gasteiger partial charge in [0.2, 0.25) is 0 Å². The minimum Gasteiger partial charge on any atom is -0.496 e. The highest BCUT2D eigenvalue weighted by molar-refractivity contribution is 9.10. The molecule has 0 aliphatic heterocycles. The lowest BCUT2D eigenvalue weighted by Gasteiger charge is -2.21. The van der Waals surface area contributed by atoms with Gasteiger partial charge in [0.05, 0.1) is 27.4 Å². The minimum absolute atomic E-state index is 0.00845. The van der Waals surface area contributed by atoms with Crippen LogP contribution in [-0.4, -0.2) is 28.4 Å². The van der Waals surface area contributed by atoms with Gasteiger partial charge in [-0.3, -0.25) is 0 Å². The summed E-state index contributed by atoms with van der Waals surface area (Å²) in [5.41, 5.74) is 1.00. The number of hydrogen-bond donors (Lipinski definition) is 1. The maximum atomic E-state index is 5.52. The maximum Gasteiger partial charge on any atom is 0.164 e. The first-order chi connectivity index (χ1) is 10.2. The molecule has 6 heteroatoms. The molecule has 0 aliphatic carbocycles. The van der Waals surface area contributed by atoms with Crippen molar-refractivity contribution >= 4 is 27.3 Å². The first-order valence-corrected chi connectivity index (χ1v) is 8.03. The highest BCUT2D eigenvalue weighted by Crippen LogP contribution is 2.41. The third kappa shape index (κ3) is 3.17. The molecule has 0 saturated heterocycles. The first kappa shape index (κ1) is 16.1. The number of methoxy groups -OCH3 is 3. The SMILES string of the molecule is CNC(c1cc(OC)c(OC)cc1OC)c1sccc1Br. The van der Waals surface area contributed by atoms with Crippen LogP contribution in [0.2, 0.25) is 0 Å². The molecule has 0 radical (unpaired) electrons. The van der Waals surface area contributed by atoms with Crippen LogP contribution in [0, 0.1) is 0 Å². The van der Waals surface area contributed by atoms with Crippen LogP contribution in [0.1, 0.15) is 16.5 Å². The molecule has 0 fully saturated rings. The number of rotatable bonds is 6. The van der Waals surface area contributed by atoms with Gasteiger partial charge in [0.1, 0.15) is 5.75 Å². The number of ether oxygens (including phenoxy) is 3. The van der Waals surface area contributed by atoms with Gasteiger partial charge in [-0.1, -0.05) is 0 Å². The van der Waals surface area contributed by atoms with Crippen molar-refractivity contribution in [2.75, 3.05) is 28.4 Å². The summed E-state index contributed by atoms with van der Waals surface area (Å²) in [6, 6.07) is 5.84. The van der Waals surface area contributed by atoms with E-state index >= 15 is 0 Å². The van der Waals surface area contributed by atoms with Crippen molar-refractivity contribution in [3.8, 4) is 17.2 Å². The smallest absolute Gasteiger partial charge is 0.164 e. The lowest BCUT2D eigenvalue weighted by Crippen LogP contribution is -2.18. The van der Waals surface area contributed by atoms with Gasteiger partial charge in [-0.2, -0.15) is 0 Å². The topological polar surface area (TPSA) is 39.7 Å². The molecule has 1 unspecified atom stereocenters. The molecule has 0 saturated carbocycles. The van der Waals surface area contributed by atoms with Crippen LogP contribution in [-0.2, 0) is 0 Å². The van der Waals surface area contributed by atoms with Crippen molar-refractivity contribution in [1.29, 1.82) is 0 Å². The van der Waals surface area contributed by atoms with E-state index < -0.39 is 0 Å². The normalized spacial score (nSPS) is 12.0. The minimum atomic E-state index is 0.00845. The van der Waals surface area contributed by atoms with Gasteiger partial charge in [-0.05, 0) is 40.5 Å². The van der Waals surface area contributed by atoms with Crippen LogP contribution in [0.4, 0.5) is 0 Å². The fraction of sp³-hybridized carbons (Fsp3) is 0.333. The third-order valence-electron chi connectivity index (χ3n) is 3.24. The predicted octanol–water partition coefficient (Wildman–Crippen LogP) is 3.85. The molecule has 1 atom stereocenters. The second-order valence-corrected chi connectivity index (χ2v) is 6.11. The summed E-state index contributed by atoms with van der Waals surface area (Å²) in [5.74, 6) is 2.09. The van der Waals surface area contributed by atoms with Crippen molar-refractivity contribution in [3.05, 3.63) is 38.5 Å². The Kier molecular flexibility index (Phi) is 5.50. The average Bonchev–Trinajstić information content (AvgIpc) is 2.93. The van der Waals surface area contributed by atoms with Crippen LogP contribution < -0.4 is 19.5 Å². The molecule has 1 aromatic heterocycles. The summed E-state index contributed by atoms with van der Waals surface area (Å²) in [6.45, 7) is 0. The van der Waals surface area contributed by atoms with Crippen molar-refractivity contribution in [2.24, 2.45) is 0 Å². The third-order valence-corrected chi connectivity index (χ3v) is 5.18. The van der Waals surface area contributed by atoms with E-state index in [0.29, 0.717) is 11.5 Å². The van der Waals surface area contributed by atoms with Gasteiger partial charge in [-0.25, -0.2) is 0 Å². The maximum absolute atomic E-state index is 5.52. The second-order valence-electron chi connectivity index (χ2n) is 4.30. The Morgan fingerprint density at radius 2 is 1.67 bits per heavy atom. The van der Waals surface area contributed by atoms with Crippen LogP contribution >= 0.6 is 27.3 Å². The Balaban J connectivity index is 2.57. The van der Waals surface area contributed by atoms with Gasteiger partial charge in [0.15, 0.2) is 11.5 Å². The molecule has 2 rings (SSSR count). The molecule has 2 aromatic rings. The monoisotopic (exact) mass is 371 g/mol. The zero-order chi connectivity index (χ0) is 15.4. The summed E-state index contributed by atoms with van der Waals surface area (Å²) in [6.07, 6.45) is 0. The molecule has 0 spiro atoms. The van der Waals surface area contributed by atoms with Gasteiger partial charge in [0.25, 0.3) is 0 Å². The number of nitrogens with one attached hydrogen (secondary N) is 1. The number of halogens is 1. The van der Waals surface area contributed by atoms with Crippen LogP contribution in [0.5, 0.6) is 17.2 Å². The summed E-state index contributed by atoms with van der Waals surface area (Å²) >= 11 is 5.27. The largest absolute Gasteiger partial charge is 0.496 e. The molecule has 1 N–H and O–H groups in total. The zero-order valence-corrected chi connectivity index (χ0v) is 14.8. The van der Waals surface area contributed by atoms with E-state index in [0.717, 1.165) is 15.8 Å². The molecular formula is C15H18BrNO3S. The molecule has 4 nitrogen and oxygen atoms in total. The Morgan fingerprint density at radius 3 is 2.14 bits per heavy atom. The lowest BCUT2D eigenvalue weighted by atomic mass is 10.0. The number of thiophene rings is 1. The van der Waals surface area contributed by atoms with E-state index in [1.54, 1.807) is 32.7 Å². The number of hydrogen-bond acceptors (Lipinski definition) is 5. The molecule has 0 aliphatic rings. The zero-order valence-electron chi connectivity index (χ0n) is 12.4. The molecule has 21 heavy (non-hydrogen) atoms. The summed E-state index contributed by atoms with van der Waals surface area (Å²) in [5, 5.41) is 5.38. The molecular weight excluding hydrogens is 354 g/mol. The molecule has 114 valence electrons. The summed E-state index contributed by atoms with van der Waals surface area (Å²) in [7, 11) is 6.82. The lowest BCUT2D eigenvalue weighted by molar-refractivity contribution is 0.346.